The number of rotatable bonds is 6. The summed E-state index contributed by atoms with van der Waals surface area (Å²) < 4.78 is 6.57. The summed E-state index contributed by atoms with van der Waals surface area (Å²) in [5.41, 5.74) is 0.632. The first-order valence-electron chi connectivity index (χ1n) is 5.59. The van der Waals surface area contributed by atoms with Gasteiger partial charge in [0, 0.05) is 19.0 Å². The maximum Gasteiger partial charge on any atom is 0.303 e. The number of aromatic nitrogens is 5. The fourth-order valence-electron chi connectivity index (χ4n) is 1.40. The molecule has 1 N–H and O–H groups in total. The molecule has 0 fully saturated rings. The van der Waals surface area contributed by atoms with Crippen LogP contribution in [0.1, 0.15) is 30.8 Å². The Bertz CT molecular complexity index is 533. The van der Waals surface area contributed by atoms with Crippen molar-refractivity contribution in [3.05, 3.63) is 23.6 Å². The molecule has 2 heterocycles. The Kier molecular flexibility index (Phi) is 3.66. The van der Waals surface area contributed by atoms with Gasteiger partial charge in [0.1, 0.15) is 6.54 Å². The van der Waals surface area contributed by atoms with Crippen LogP contribution in [-0.4, -0.2) is 36.2 Å². The minimum atomic E-state index is -0.853. The Labute approximate surface area is 103 Å². The second-order valence-corrected chi connectivity index (χ2v) is 3.76. The standard InChI is InChI=1S/C10H13N5O3/c1-2-8-11-9(18-13-8)6-15-5-7(12-14-15)3-4-10(16)17/h5H,2-4,6H2,1H3,(H,16,17). The molecule has 2 rings (SSSR count). The lowest BCUT2D eigenvalue weighted by molar-refractivity contribution is -0.136. The molecule has 0 unspecified atom stereocenters. The number of nitrogens with zero attached hydrogens (tertiary/aromatic N) is 5. The highest BCUT2D eigenvalue weighted by Gasteiger charge is 2.08. The molecule has 8 nitrogen and oxygen atoms in total. The smallest absolute Gasteiger partial charge is 0.303 e. The van der Waals surface area contributed by atoms with Crippen molar-refractivity contribution in [2.24, 2.45) is 0 Å². The third kappa shape index (κ3) is 3.12. The lowest BCUT2D eigenvalue weighted by Crippen LogP contribution is -2.01. The molecule has 0 aromatic carbocycles. The van der Waals surface area contributed by atoms with Crippen LogP contribution in [0.2, 0.25) is 0 Å². The maximum absolute atomic E-state index is 10.4. The van der Waals surface area contributed by atoms with Gasteiger partial charge in [0.05, 0.1) is 12.1 Å². The summed E-state index contributed by atoms with van der Waals surface area (Å²) in [6.45, 7) is 2.28. The number of hydrogen-bond donors (Lipinski definition) is 1. The average Bonchev–Trinajstić information content (AvgIpc) is 2.96. The molecule has 0 aliphatic rings. The second-order valence-electron chi connectivity index (χ2n) is 3.76. The largest absolute Gasteiger partial charge is 0.481 e. The molecule has 0 amide bonds. The van der Waals surface area contributed by atoms with Gasteiger partial charge in [-0.1, -0.05) is 17.3 Å². The zero-order valence-corrected chi connectivity index (χ0v) is 9.91. The highest BCUT2D eigenvalue weighted by atomic mass is 16.5. The number of carboxylic acid groups (broad SMARTS) is 1. The van der Waals surface area contributed by atoms with Crippen molar-refractivity contribution >= 4 is 5.97 Å². The average molecular weight is 251 g/mol. The molecule has 96 valence electrons. The van der Waals surface area contributed by atoms with Gasteiger partial charge >= 0.3 is 5.97 Å². The van der Waals surface area contributed by atoms with Gasteiger partial charge < -0.3 is 9.63 Å². The predicted octanol–water partition coefficient (Wildman–Crippen LogP) is 0.289. The lowest BCUT2D eigenvalue weighted by Gasteiger charge is -1.92. The van der Waals surface area contributed by atoms with E-state index in [-0.39, 0.29) is 6.42 Å². The van der Waals surface area contributed by atoms with Crippen molar-refractivity contribution in [1.82, 2.24) is 25.1 Å². The normalized spacial score (nSPS) is 10.7. The number of carboxylic acids is 1. The van der Waals surface area contributed by atoms with Gasteiger partial charge in [-0.25, -0.2) is 4.68 Å². The summed E-state index contributed by atoms with van der Waals surface area (Å²) >= 11 is 0. The Hall–Kier alpha value is -2.25. The van der Waals surface area contributed by atoms with Gasteiger partial charge in [-0.3, -0.25) is 4.79 Å². The fraction of sp³-hybridized carbons (Fsp3) is 0.500. The highest BCUT2D eigenvalue weighted by Crippen LogP contribution is 2.03. The predicted molar refractivity (Wildman–Crippen MR) is 58.8 cm³/mol. The van der Waals surface area contributed by atoms with Crippen LogP contribution >= 0.6 is 0 Å². The van der Waals surface area contributed by atoms with Crippen molar-refractivity contribution in [2.75, 3.05) is 0 Å². The van der Waals surface area contributed by atoms with E-state index in [0.29, 0.717) is 36.8 Å². The summed E-state index contributed by atoms with van der Waals surface area (Å²) in [6.07, 6.45) is 2.79. The van der Waals surface area contributed by atoms with Crippen LogP contribution in [0, 0.1) is 0 Å². The van der Waals surface area contributed by atoms with E-state index in [1.807, 2.05) is 6.92 Å². The summed E-state index contributed by atoms with van der Waals surface area (Å²) in [6, 6.07) is 0. The zero-order valence-electron chi connectivity index (χ0n) is 9.91. The Balaban J connectivity index is 1.95. The minimum Gasteiger partial charge on any atom is -0.481 e. The molecule has 2 aromatic heterocycles. The lowest BCUT2D eigenvalue weighted by atomic mass is 10.2. The van der Waals surface area contributed by atoms with E-state index in [9.17, 15) is 4.79 Å². The Morgan fingerprint density at radius 2 is 2.39 bits per heavy atom. The van der Waals surface area contributed by atoms with Crippen molar-refractivity contribution in [3.8, 4) is 0 Å². The number of hydrogen-bond acceptors (Lipinski definition) is 6. The number of aliphatic carboxylic acids is 1. The van der Waals surface area contributed by atoms with Crippen molar-refractivity contribution < 1.29 is 14.4 Å². The molecule has 18 heavy (non-hydrogen) atoms. The van der Waals surface area contributed by atoms with Gasteiger partial charge in [-0.2, -0.15) is 4.98 Å². The Morgan fingerprint density at radius 1 is 1.56 bits per heavy atom. The third-order valence-corrected chi connectivity index (χ3v) is 2.30. The molecular weight excluding hydrogens is 238 g/mol. The minimum absolute atomic E-state index is 0.0409. The molecule has 0 aliphatic heterocycles. The van der Waals surface area contributed by atoms with E-state index in [1.165, 1.54) is 0 Å². The molecule has 0 spiro atoms. The summed E-state index contributed by atoms with van der Waals surface area (Å²) in [5.74, 6) is 0.256. The molecule has 2 aromatic rings. The van der Waals surface area contributed by atoms with Crippen molar-refractivity contribution in [3.63, 3.8) is 0 Å². The molecule has 8 heteroatoms. The van der Waals surface area contributed by atoms with Gasteiger partial charge in [0.15, 0.2) is 5.82 Å². The third-order valence-electron chi connectivity index (χ3n) is 2.30. The molecule has 0 saturated carbocycles. The van der Waals surface area contributed by atoms with Gasteiger partial charge in [0.25, 0.3) is 0 Å². The van der Waals surface area contributed by atoms with Crippen molar-refractivity contribution in [2.45, 2.75) is 32.7 Å². The second kappa shape index (κ2) is 5.39. The molecule has 0 radical (unpaired) electrons. The molecular formula is C10H13N5O3. The fourth-order valence-corrected chi connectivity index (χ4v) is 1.40. The van der Waals surface area contributed by atoms with Gasteiger partial charge in [0.2, 0.25) is 5.89 Å². The monoisotopic (exact) mass is 251 g/mol. The maximum atomic E-state index is 10.4. The summed E-state index contributed by atoms with van der Waals surface area (Å²) in [4.78, 5) is 14.6. The van der Waals surface area contributed by atoms with Crippen molar-refractivity contribution in [1.29, 1.82) is 0 Å². The molecule has 0 bridgehead atoms. The van der Waals surface area contributed by atoms with Crippen LogP contribution in [-0.2, 0) is 24.2 Å². The molecule has 0 aliphatic carbocycles. The van der Waals surface area contributed by atoms with Gasteiger partial charge in [-0.05, 0) is 0 Å². The Morgan fingerprint density at radius 3 is 3.06 bits per heavy atom. The number of carbonyl (C=O) groups is 1. The number of aryl methyl sites for hydroxylation is 2. The highest BCUT2D eigenvalue weighted by molar-refractivity contribution is 5.66. The van der Waals surface area contributed by atoms with Crippen LogP contribution in [0.4, 0.5) is 0 Å². The van der Waals surface area contributed by atoms with Crippen LogP contribution < -0.4 is 0 Å². The van der Waals surface area contributed by atoms with Crippen LogP contribution in [0.15, 0.2) is 10.7 Å². The molecule has 0 atom stereocenters. The van der Waals surface area contributed by atoms with Crippen LogP contribution in [0.3, 0.4) is 0 Å². The topological polar surface area (TPSA) is 107 Å². The first-order chi connectivity index (χ1) is 8.67. The van der Waals surface area contributed by atoms with E-state index in [1.54, 1.807) is 10.9 Å². The molecule has 0 saturated heterocycles. The van der Waals surface area contributed by atoms with E-state index in [0.717, 1.165) is 0 Å². The first kappa shape index (κ1) is 12.2. The van der Waals surface area contributed by atoms with E-state index in [2.05, 4.69) is 20.5 Å². The van der Waals surface area contributed by atoms with E-state index >= 15 is 0 Å². The van der Waals surface area contributed by atoms with Crippen LogP contribution in [0.5, 0.6) is 0 Å². The SMILES string of the molecule is CCc1noc(Cn2cc(CCC(=O)O)nn2)n1. The van der Waals surface area contributed by atoms with Crippen LogP contribution in [0.25, 0.3) is 0 Å². The van der Waals surface area contributed by atoms with E-state index < -0.39 is 5.97 Å². The summed E-state index contributed by atoms with van der Waals surface area (Å²) in [7, 11) is 0. The van der Waals surface area contributed by atoms with Gasteiger partial charge in [-0.15, -0.1) is 5.10 Å². The zero-order chi connectivity index (χ0) is 13.0. The van der Waals surface area contributed by atoms with E-state index in [4.69, 9.17) is 9.63 Å². The summed E-state index contributed by atoms with van der Waals surface area (Å²) in [5, 5.41) is 20.1. The quantitative estimate of drug-likeness (QED) is 0.786. The first-order valence-corrected chi connectivity index (χ1v) is 5.59.